The van der Waals surface area contributed by atoms with Crippen molar-refractivity contribution in [2.75, 3.05) is 26.4 Å². The first kappa shape index (κ1) is 35.8. The summed E-state index contributed by atoms with van der Waals surface area (Å²) in [6.07, 6.45) is 2.99. The molecule has 47 heavy (non-hydrogen) atoms. The highest BCUT2D eigenvalue weighted by Gasteiger charge is 2.14. The van der Waals surface area contributed by atoms with Crippen molar-refractivity contribution in [3.63, 3.8) is 0 Å². The predicted molar refractivity (Wildman–Crippen MR) is 175 cm³/mol. The number of esters is 4. The summed E-state index contributed by atoms with van der Waals surface area (Å²) in [4.78, 5) is 47.0. The molecule has 0 radical (unpaired) electrons. The molecule has 0 bridgehead atoms. The van der Waals surface area contributed by atoms with Crippen LogP contribution in [0, 0.1) is 0 Å². The minimum atomic E-state index is -0.551. The summed E-state index contributed by atoms with van der Waals surface area (Å²) in [6, 6.07) is 20.0. The van der Waals surface area contributed by atoms with E-state index in [0.717, 1.165) is 34.4 Å². The van der Waals surface area contributed by atoms with Gasteiger partial charge < -0.3 is 28.4 Å². The van der Waals surface area contributed by atoms with Crippen molar-refractivity contribution in [1.82, 2.24) is 0 Å². The van der Waals surface area contributed by atoms with Gasteiger partial charge in [-0.3, -0.25) is 0 Å². The van der Waals surface area contributed by atoms with Crippen LogP contribution in [0.3, 0.4) is 0 Å². The van der Waals surface area contributed by atoms with E-state index in [0.29, 0.717) is 29.9 Å². The second-order valence-electron chi connectivity index (χ2n) is 10.1. The molecule has 0 atom stereocenters. The summed E-state index contributed by atoms with van der Waals surface area (Å²) >= 11 is 0. The summed E-state index contributed by atoms with van der Waals surface area (Å²) in [5, 5.41) is 0. The van der Waals surface area contributed by atoms with Crippen LogP contribution in [0.1, 0.15) is 41.3 Å². The molecule has 246 valence electrons. The van der Waals surface area contributed by atoms with Crippen molar-refractivity contribution in [1.29, 1.82) is 0 Å². The van der Waals surface area contributed by atoms with Gasteiger partial charge in [0.15, 0.2) is 11.5 Å². The van der Waals surface area contributed by atoms with Gasteiger partial charge in [-0.25, -0.2) is 19.2 Å². The average Bonchev–Trinajstić information content (AvgIpc) is 3.09. The maximum atomic E-state index is 12.9. The minimum absolute atomic E-state index is 0.0542. The number of rotatable bonds is 19. The molecule has 0 heterocycles. The SMILES string of the molecule is C=CC(=O)OCCCOc1ccc(C(=O)OCc2ccc(-c3ccc(COC(=O)C(=C)C)cc3)cc2)cc1OCCCOC(=O)C=C. The smallest absolute Gasteiger partial charge is 0.338 e. The lowest BCUT2D eigenvalue weighted by Crippen LogP contribution is -2.10. The first-order chi connectivity index (χ1) is 22.7. The fourth-order valence-electron chi connectivity index (χ4n) is 3.90. The van der Waals surface area contributed by atoms with Crippen LogP contribution in [-0.4, -0.2) is 50.3 Å². The van der Waals surface area contributed by atoms with E-state index in [1.165, 1.54) is 6.07 Å². The molecule has 0 fully saturated rings. The first-order valence-electron chi connectivity index (χ1n) is 14.9. The van der Waals surface area contributed by atoms with Crippen LogP contribution in [0.4, 0.5) is 0 Å². The molecule has 0 aliphatic carbocycles. The molecular formula is C37H38O10. The fourth-order valence-corrected chi connectivity index (χ4v) is 3.90. The summed E-state index contributed by atoms with van der Waals surface area (Å²) in [5.74, 6) is -1.33. The van der Waals surface area contributed by atoms with Crippen molar-refractivity contribution in [2.24, 2.45) is 0 Å². The van der Waals surface area contributed by atoms with E-state index in [-0.39, 0.29) is 45.2 Å². The van der Waals surface area contributed by atoms with E-state index >= 15 is 0 Å². The number of hydrogen-bond donors (Lipinski definition) is 0. The highest BCUT2D eigenvalue weighted by atomic mass is 16.6. The minimum Gasteiger partial charge on any atom is -0.490 e. The highest BCUT2D eigenvalue weighted by Crippen LogP contribution is 2.29. The van der Waals surface area contributed by atoms with Crippen molar-refractivity contribution in [2.45, 2.75) is 33.0 Å². The van der Waals surface area contributed by atoms with Gasteiger partial charge in [0.05, 0.1) is 32.0 Å². The van der Waals surface area contributed by atoms with Crippen LogP contribution in [0.2, 0.25) is 0 Å². The number of benzene rings is 3. The van der Waals surface area contributed by atoms with E-state index in [4.69, 9.17) is 28.4 Å². The zero-order valence-electron chi connectivity index (χ0n) is 26.4. The Balaban J connectivity index is 1.57. The molecule has 0 saturated carbocycles. The molecule has 0 N–H and O–H groups in total. The lowest BCUT2D eigenvalue weighted by Gasteiger charge is -2.14. The fraction of sp³-hybridized carbons (Fsp3) is 0.243. The molecule has 3 aromatic carbocycles. The highest BCUT2D eigenvalue weighted by molar-refractivity contribution is 5.90. The number of hydrogen-bond acceptors (Lipinski definition) is 10. The molecule has 10 nitrogen and oxygen atoms in total. The molecule has 0 unspecified atom stereocenters. The molecule has 0 aliphatic rings. The number of ether oxygens (including phenoxy) is 6. The maximum absolute atomic E-state index is 12.9. The Morgan fingerprint density at radius 1 is 0.617 bits per heavy atom. The van der Waals surface area contributed by atoms with Crippen LogP contribution >= 0.6 is 0 Å². The van der Waals surface area contributed by atoms with Gasteiger partial charge in [-0.05, 0) is 47.4 Å². The summed E-state index contributed by atoms with van der Waals surface area (Å²) < 4.78 is 32.3. The van der Waals surface area contributed by atoms with Gasteiger partial charge in [-0.15, -0.1) is 0 Å². The zero-order valence-corrected chi connectivity index (χ0v) is 26.4. The summed E-state index contributed by atoms with van der Waals surface area (Å²) in [5.41, 5.74) is 4.23. The van der Waals surface area contributed by atoms with E-state index < -0.39 is 23.9 Å². The Hall–Kier alpha value is -5.64. The van der Waals surface area contributed by atoms with Crippen molar-refractivity contribution >= 4 is 23.9 Å². The lowest BCUT2D eigenvalue weighted by atomic mass is 10.0. The van der Waals surface area contributed by atoms with Crippen LogP contribution in [-0.2, 0) is 46.5 Å². The zero-order chi connectivity index (χ0) is 34.0. The number of carbonyl (C=O) groups excluding carboxylic acids is 4. The lowest BCUT2D eigenvalue weighted by molar-refractivity contribution is -0.140. The Kier molecular flexibility index (Phi) is 14.5. The standard InChI is InChI=1S/C37H38O10/c1-5-34(38)44-21-7-19-42-32-18-17-31(23-33(32)43-20-8-22-45-35(39)6-2)37(41)47-25-28-11-15-30(16-12-28)29-13-9-27(10-14-29)24-46-36(40)26(3)4/h5-6,9-18,23H,1-3,7-8,19-22,24-25H2,4H3. The van der Waals surface area contributed by atoms with Gasteiger partial charge >= 0.3 is 23.9 Å². The van der Waals surface area contributed by atoms with Gasteiger partial charge in [0.25, 0.3) is 0 Å². The monoisotopic (exact) mass is 642 g/mol. The maximum Gasteiger partial charge on any atom is 0.338 e. The van der Waals surface area contributed by atoms with Gasteiger partial charge in [-0.1, -0.05) is 68.3 Å². The van der Waals surface area contributed by atoms with Gasteiger partial charge in [0.1, 0.15) is 13.2 Å². The van der Waals surface area contributed by atoms with Crippen molar-refractivity contribution in [3.8, 4) is 22.6 Å². The second-order valence-corrected chi connectivity index (χ2v) is 10.1. The van der Waals surface area contributed by atoms with E-state index in [1.807, 2.05) is 48.5 Å². The Labute approximate surface area is 274 Å². The third-order valence-corrected chi connectivity index (χ3v) is 6.42. The first-order valence-corrected chi connectivity index (χ1v) is 14.9. The number of carbonyl (C=O) groups is 4. The largest absolute Gasteiger partial charge is 0.490 e. The Bertz CT molecular complexity index is 1550. The predicted octanol–water partition coefficient (Wildman–Crippen LogP) is 6.33. The van der Waals surface area contributed by atoms with E-state index in [2.05, 4.69) is 19.7 Å². The molecule has 0 spiro atoms. The van der Waals surface area contributed by atoms with E-state index in [9.17, 15) is 19.2 Å². The molecular weight excluding hydrogens is 604 g/mol. The molecule has 0 saturated heterocycles. The third-order valence-electron chi connectivity index (χ3n) is 6.42. The van der Waals surface area contributed by atoms with Crippen molar-refractivity contribution < 1.29 is 47.6 Å². The topological polar surface area (TPSA) is 124 Å². The van der Waals surface area contributed by atoms with Crippen LogP contribution < -0.4 is 9.47 Å². The van der Waals surface area contributed by atoms with Gasteiger partial charge in [-0.2, -0.15) is 0 Å². The second kappa shape index (κ2) is 19.0. The average molecular weight is 643 g/mol. The summed E-state index contributed by atoms with van der Waals surface area (Å²) in [7, 11) is 0. The molecule has 0 aromatic heterocycles. The molecule has 0 amide bonds. The van der Waals surface area contributed by atoms with Gasteiger partial charge in [0, 0.05) is 30.6 Å². The molecule has 10 heteroatoms. The third kappa shape index (κ3) is 12.3. The van der Waals surface area contributed by atoms with Gasteiger partial charge in [0.2, 0.25) is 0 Å². The normalized spacial score (nSPS) is 10.2. The van der Waals surface area contributed by atoms with Crippen LogP contribution in [0.5, 0.6) is 11.5 Å². The quantitative estimate of drug-likeness (QED) is 0.0635. The molecule has 3 aromatic rings. The van der Waals surface area contributed by atoms with E-state index in [1.54, 1.807) is 19.1 Å². The Morgan fingerprint density at radius 2 is 1.11 bits per heavy atom. The Morgan fingerprint density at radius 3 is 1.60 bits per heavy atom. The summed E-state index contributed by atoms with van der Waals surface area (Å²) in [6.45, 7) is 12.8. The molecule has 3 rings (SSSR count). The molecule has 0 aliphatic heterocycles. The van der Waals surface area contributed by atoms with Crippen LogP contribution in [0.25, 0.3) is 11.1 Å². The van der Waals surface area contributed by atoms with Crippen molar-refractivity contribution in [3.05, 3.63) is 121 Å². The van der Waals surface area contributed by atoms with Crippen LogP contribution in [0.15, 0.2) is 104 Å².